The number of nitrogens with zero attached hydrogens (tertiary/aromatic N) is 3. The standard InChI is InChI=1S/C31H26FN3/c1-31(2,3)19-29-33-26-16-22(32)14-15-23(26)30-34-27-17-24(20-10-6-4-7-11-20)25(18-28(27)35(29)30)21-12-8-5-9-13-21/h4-18H,19H2,1-3H3. The van der Waals surface area contributed by atoms with Gasteiger partial charge in [-0.25, -0.2) is 14.4 Å². The Morgan fingerprint density at radius 2 is 1.34 bits per heavy atom. The third-order valence-corrected chi connectivity index (χ3v) is 6.36. The topological polar surface area (TPSA) is 30.2 Å². The average Bonchev–Trinajstić information content (AvgIpc) is 3.22. The normalized spacial score (nSPS) is 12.1. The minimum atomic E-state index is -0.287. The highest BCUT2D eigenvalue weighted by atomic mass is 19.1. The van der Waals surface area contributed by atoms with E-state index in [1.165, 1.54) is 12.1 Å². The van der Waals surface area contributed by atoms with Crippen molar-refractivity contribution in [2.24, 2.45) is 5.41 Å². The van der Waals surface area contributed by atoms with E-state index in [0.717, 1.165) is 56.6 Å². The molecule has 172 valence electrons. The van der Waals surface area contributed by atoms with Crippen LogP contribution in [0.25, 0.3) is 49.8 Å². The molecule has 6 aromatic rings. The zero-order valence-corrected chi connectivity index (χ0v) is 20.1. The van der Waals surface area contributed by atoms with Gasteiger partial charge in [0.1, 0.15) is 17.3 Å². The zero-order chi connectivity index (χ0) is 24.2. The van der Waals surface area contributed by atoms with Gasteiger partial charge in [-0.15, -0.1) is 0 Å². The van der Waals surface area contributed by atoms with E-state index in [9.17, 15) is 4.39 Å². The molecule has 0 bridgehead atoms. The second-order valence-electron chi connectivity index (χ2n) is 10.3. The Kier molecular flexibility index (Phi) is 4.92. The number of benzene rings is 4. The summed E-state index contributed by atoms with van der Waals surface area (Å²) < 4.78 is 16.3. The van der Waals surface area contributed by atoms with Gasteiger partial charge in [-0.1, -0.05) is 81.4 Å². The molecular weight excluding hydrogens is 433 g/mol. The highest BCUT2D eigenvalue weighted by Gasteiger charge is 2.21. The quantitative estimate of drug-likeness (QED) is 0.268. The summed E-state index contributed by atoms with van der Waals surface area (Å²) in [6.07, 6.45) is 0.739. The third kappa shape index (κ3) is 3.85. The van der Waals surface area contributed by atoms with Crippen LogP contribution in [0.4, 0.5) is 4.39 Å². The van der Waals surface area contributed by atoms with Crippen molar-refractivity contribution in [2.45, 2.75) is 27.2 Å². The van der Waals surface area contributed by atoms with Gasteiger partial charge in [-0.05, 0) is 51.9 Å². The first-order valence-electron chi connectivity index (χ1n) is 11.9. The molecule has 0 amide bonds. The van der Waals surface area contributed by atoms with Crippen molar-refractivity contribution >= 4 is 27.6 Å². The predicted molar refractivity (Wildman–Crippen MR) is 142 cm³/mol. The van der Waals surface area contributed by atoms with Crippen LogP contribution < -0.4 is 0 Å². The van der Waals surface area contributed by atoms with Crippen LogP contribution in [0, 0.1) is 11.2 Å². The van der Waals surface area contributed by atoms with Crippen LogP contribution in [0.3, 0.4) is 0 Å². The highest BCUT2D eigenvalue weighted by Crippen LogP contribution is 2.37. The largest absolute Gasteiger partial charge is 0.280 e. The summed E-state index contributed by atoms with van der Waals surface area (Å²) in [5, 5.41) is 0.850. The zero-order valence-electron chi connectivity index (χ0n) is 20.1. The maximum Gasteiger partial charge on any atom is 0.148 e. The fourth-order valence-electron chi connectivity index (χ4n) is 4.85. The van der Waals surface area contributed by atoms with Gasteiger partial charge in [0.25, 0.3) is 0 Å². The van der Waals surface area contributed by atoms with E-state index < -0.39 is 0 Å². The Morgan fingerprint density at radius 1 is 0.714 bits per heavy atom. The molecule has 0 unspecified atom stereocenters. The maximum absolute atomic E-state index is 14.1. The monoisotopic (exact) mass is 459 g/mol. The van der Waals surface area contributed by atoms with Gasteiger partial charge in [0.2, 0.25) is 0 Å². The molecule has 3 nitrogen and oxygen atoms in total. The molecule has 4 aromatic carbocycles. The van der Waals surface area contributed by atoms with Crippen LogP contribution in [0.2, 0.25) is 0 Å². The summed E-state index contributed by atoms with van der Waals surface area (Å²) >= 11 is 0. The summed E-state index contributed by atoms with van der Waals surface area (Å²) in [6, 6.07) is 30.1. The third-order valence-electron chi connectivity index (χ3n) is 6.36. The van der Waals surface area contributed by atoms with Gasteiger partial charge in [-0.3, -0.25) is 4.40 Å². The van der Waals surface area contributed by atoms with Crippen LogP contribution in [0.5, 0.6) is 0 Å². The summed E-state index contributed by atoms with van der Waals surface area (Å²) in [4.78, 5) is 10.0. The van der Waals surface area contributed by atoms with Crippen LogP contribution in [-0.2, 0) is 6.42 Å². The molecule has 0 aliphatic rings. The van der Waals surface area contributed by atoms with E-state index in [2.05, 4.69) is 85.8 Å². The van der Waals surface area contributed by atoms with Crippen molar-refractivity contribution in [3.05, 3.63) is 103 Å². The molecule has 0 atom stereocenters. The van der Waals surface area contributed by atoms with Crippen LogP contribution in [0.1, 0.15) is 26.6 Å². The number of aromatic nitrogens is 3. The molecule has 0 aliphatic carbocycles. The first-order valence-corrected chi connectivity index (χ1v) is 11.9. The van der Waals surface area contributed by atoms with Crippen molar-refractivity contribution in [1.82, 2.24) is 14.4 Å². The first-order chi connectivity index (χ1) is 16.9. The lowest BCUT2D eigenvalue weighted by atomic mass is 9.91. The Bertz CT molecular complexity index is 1690. The first kappa shape index (κ1) is 21.5. The molecule has 4 heteroatoms. The molecule has 0 radical (unpaired) electrons. The number of halogens is 1. The van der Waals surface area contributed by atoms with Gasteiger partial charge < -0.3 is 0 Å². The second-order valence-corrected chi connectivity index (χ2v) is 10.3. The van der Waals surface area contributed by atoms with Crippen LogP contribution in [0.15, 0.2) is 91.0 Å². The summed E-state index contributed by atoms with van der Waals surface area (Å²) in [7, 11) is 0. The minimum absolute atomic E-state index is 0.00373. The molecule has 6 rings (SSSR count). The van der Waals surface area contributed by atoms with E-state index in [4.69, 9.17) is 9.97 Å². The van der Waals surface area contributed by atoms with Gasteiger partial charge in [0, 0.05) is 17.9 Å². The SMILES string of the molecule is CC(C)(C)Cc1nc2cc(F)ccc2c2nc3cc(-c4ccccc4)c(-c4ccccc4)cc3n12. The lowest BCUT2D eigenvalue weighted by Crippen LogP contribution is -2.14. The van der Waals surface area contributed by atoms with Crippen molar-refractivity contribution in [3.8, 4) is 22.3 Å². The molecule has 0 N–H and O–H groups in total. The van der Waals surface area contributed by atoms with E-state index in [-0.39, 0.29) is 11.2 Å². The number of hydrogen-bond acceptors (Lipinski definition) is 2. The molecular formula is C31H26FN3. The maximum atomic E-state index is 14.1. The molecule has 2 aromatic heterocycles. The van der Waals surface area contributed by atoms with Gasteiger partial charge in [0.15, 0.2) is 0 Å². The van der Waals surface area contributed by atoms with Crippen LogP contribution >= 0.6 is 0 Å². The summed E-state index contributed by atoms with van der Waals surface area (Å²) in [6.45, 7) is 6.58. The van der Waals surface area contributed by atoms with Crippen molar-refractivity contribution in [2.75, 3.05) is 0 Å². The Balaban J connectivity index is 1.75. The lowest BCUT2D eigenvalue weighted by molar-refractivity contribution is 0.400. The Labute approximate surface area is 203 Å². The average molecular weight is 460 g/mol. The van der Waals surface area contributed by atoms with Gasteiger partial charge in [-0.2, -0.15) is 0 Å². The second kappa shape index (κ2) is 8.02. The highest BCUT2D eigenvalue weighted by molar-refractivity contribution is 6.00. The molecule has 2 heterocycles. The lowest BCUT2D eigenvalue weighted by Gasteiger charge is -2.19. The summed E-state index contributed by atoms with van der Waals surface area (Å²) in [5.41, 5.74) is 7.94. The molecule has 0 saturated heterocycles. The number of hydrogen-bond donors (Lipinski definition) is 0. The Hall–Kier alpha value is -4.05. The van der Waals surface area contributed by atoms with Crippen molar-refractivity contribution in [1.29, 1.82) is 0 Å². The molecule has 0 fully saturated rings. The molecule has 0 saturated carbocycles. The molecule has 35 heavy (non-hydrogen) atoms. The van der Waals surface area contributed by atoms with Crippen molar-refractivity contribution in [3.63, 3.8) is 0 Å². The molecule has 0 spiro atoms. The molecule has 0 aliphatic heterocycles. The number of imidazole rings is 1. The van der Waals surface area contributed by atoms with E-state index >= 15 is 0 Å². The van der Waals surface area contributed by atoms with Crippen LogP contribution in [-0.4, -0.2) is 14.4 Å². The smallest absolute Gasteiger partial charge is 0.148 e. The van der Waals surface area contributed by atoms with E-state index in [1.807, 2.05) is 12.1 Å². The number of fused-ring (bicyclic) bond motifs is 5. The minimum Gasteiger partial charge on any atom is -0.280 e. The van der Waals surface area contributed by atoms with Gasteiger partial charge in [0.05, 0.1) is 16.6 Å². The van der Waals surface area contributed by atoms with Gasteiger partial charge >= 0.3 is 0 Å². The predicted octanol–water partition coefficient (Wildman–Crippen LogP) is 8.10. The van der Waals surface area contributed by atoms with E-state index in [0.29, 0.717) is 5.52 Å². The van der Waals surface area contributed by atoms with Crippen molar-refractivity contribution < 1.29 is 4.39 Å². The fraction of sp³-hybridized carbons (Fsp3) is 0.161. The fourth-order valence-corrected chi connectivity index (χ4v) is 4.85. The Morgan fingerprint density at radius 3 is 1.97 bits per heavy atom. The number of rotatable bonds is 3. The van der Waals surface area contributed by atoms with E-state index in [1.54, 1.807) is 6.07 Å². The summed E-state index contributed by atoms with van der Waals surface area (Å²) in [5.74, 6) is 0.601.